The van der Waals surface area contributed by atoms with Gasteiger partial charge in [-0.05, 0) is 98.7 Å². The fraction of sp³-hybridized carbons (Fsp3) is 0.500. The average molecular weight is 775 g/mol. The number of likely N-dealkylation sites (tertiary alicyclic amines) is 1. The number of carbonyl (C=O) groups excluding carboxylic acids is 5. The second-order valence-corrected chi connectivity index (χ2v) is 16.5. The Labute approximate surface area is 331 Å². The SMILES string of the molecule is Nc1nccc(C(=O)Nc2cc3c(cc2N2CCCCC2)C(=O)N(C2CCN(CC4CCN(c5ccc6c(c5)C(=O)N(C5CCC(=O)NC5=O)C6)CC4)CC2)C3)n1. The Morgan fingerprint density at radius 3 is 2.28 bits per heavy atom. The summed E-state index contributed by atoms with van der Waals surface area (Å²) in [5.74, 6) is -0.472. The first kappa shape index (κ1) is 37.0. The summed E-state index contributed by atoms with van der Waals surface area (Å²) in [7, 11) is 0. The van der Waals surface area contributed by atoms with E-state index in [4.69, 9.17) is 5.73 Å². The van der Waals surface area contributed by atoms with Crippen LogP contribution in [0.4, 0.5) is 23.0 Å². The summed E-state index contributed by atoms with van der Waals surface area (Å²) in [5, 5.41) is 5.45. The molecule has 15 nitrogen and oxygen atoms in total. The van der Waals surface area contributed by atoms with Crippen LogP contribution in [0.15, 0.2) is 42.6 Å². The zero-order valence-electron chi connectivity index (χ0n) is 32.3. The molecular formula is C42H50N10O5. The number of nitrogen functional groups attached to an aromatic ring is 1. The first-order chi connectivity index (χ1) is 27.7. The number of aromatic nitrogens is 2. The van der Waals surface area contributed by atoms with Crippen LogP contribution in [0.5, 0.6) is 0 Å². The lowest BCUT2D eigenvalue weighted by Crippen LogP contribution is -2.52. The Morgan fingerprint density at radius 2 is 1.53 bits per heavy atom. The van der Waals surface area contributed by atoms with Crippen molar-refractivity contribution in [2.45, 2.75) is 83.0 Å². The second-order valence-electron chi connectivity index (χ2n) is 16.5. The van der Waals surface area contributed by atoms with Crippen molar-refractivity contribution in [1.82, 2.24) is 30.0 Å². The Kier molecular flexibility index (Phi) is 10.0. The molecule has 298 valence electrons. The third kappa shape index (κ3) is 7.40. The summed E-state index contributed by atoms with van der Waals surface area (Å²) in [4.78, 5) is 83.6. The third-order valence-electron chi connectivity index (χ3n) is 12.9. The molecule has 0 aliphatic carbocycles. The van der Waals surface area contributed by atoms with Crippen molar-refractivity contribution in [3.63, 3.8) is 0 Å². The van der Waals surface area contributed by atoms with Crippen molar-refractivity contribution in [3.05, 3.63) is 70.5 Å². The van der Waals surface area contributed by atoms with Crippen LogP contribution < -0.4 is 26.2 Å². The van der Waals surface area contributed by atoms with E-state index in [-0.39, 0.29) is 53.6 Å². The lowest BCUT2D eigenvalue weighted by molar-refractivity contribution is -0.136. The predicted octanol–water partition coefficient (Wildman–Crippen LogP) is 3.40. The minimum Gasteiger partial charge on any atom is -0.371 e. The maximum Gasteiger partial charge on any atom is 0.274 e. The Morgan fingerprint density at radius 1 is 0.789 bits per heavy atom. The molecule has 6 aliphatic heterocycles. The maximum absolute atomic E-state index is 14.0. The number of anilines is 4. The van der Waals surface area contributed by atoms with E-state index in [1.807, 2.05) is 29.2 Å². The van der Waals surface area contributed by atoms with E-state index in [9.17, 15) is 24.0 Å². The quantitative estimate of drug-likeness (QED) is 0.286. The first-order valence-corrected chi connectivity index (χ1v) is 20.6. The molecule has 4 N–H and O–H groups in total. The van der Waals surface area contributed by atoms with Crippen LogP contribution in [0.25, 0.3) is 0 Å². The monoisotopic (exact) mass is 774 g/mol. The van der Waals surface area contributed by atoms with Crippen LogP contribution in [0.3, 0.4) is 0 Å². The summed E-state index contributed by atoms with van der Waals surface area (Å²) < 4.78 is 0. The number of carbonyl (C=O) groups is 5. The molecule has 0 spiro atoms. The van der Waals surface area contributed by atoms with Gasteiger partial charge in [0.2, 0.25) is 17.8 Å². The number of fused-ring (bicyclic) bond motifs is 2. The van der Waals surface area contributed by atoms with Gasteiger partial charge in [0.25, 0.3) is 17.7 Å². The van der Waals surface area contributed by atoms with Gasteiger partial charge in [-0.15, -0.1) is 0 Å². The largest absolute Gasteiger partial charge is 0.371 e. The minimum atomic E-state index is -0.608. The standard InChI is InChI=1S/C42H50N10O5/c43-42-44-13-8-33(46-42)38(54)45-34-20-28-25-51(40(56)32(28)22-36(34)50-14-2-1-3-15-50)29-11-16-48(17-12-29)23-26-9-18-49(19-10-26)30-5-4-27-24-52(41(57)31(27)21-30)35-6-7-37(53)47-39(35)55/h4-5,8,13,20-22,26,29,35H,1-3,6-7,9-12,14-19,23-25H2,(H,45,54)(H2,43,44,46)(H,47,53,55). The van der Waals surface area contributed by atoms with Crippen LogP contribution in [0.1, 0.15) is 100 Å². The molecule has 0 bridgehead atoms. The molecule has 2 aromatic carbocycles. The number of nitrogens with one attached hydrogen (secondary N) is 2. The number of nitrogens with two attached hydrogens (primary N) is 1. The van der Waals surface area contributed by atoms with Crippen molar-refractivity contribution in [3.8, 4) is 0 Å². The molecule has 6 aliphatic rings. The molecule has 0 saturated carbocycles. The van der Waals surface area contributed by atoms with Gasteiger partial charge in [0, 0.05) is 94.4 Å². The van der Waals surface area contributed by atoms with Crippen LogP contribution in [-0.2, 0) is 22.7 Å². The number of nitrogens with zero attached hydrogens (tertiary/aromatic N) is 7. The Bertz CT molecular complexity index is 2100. The van der Waals surface area contributed by atoms with Crippen molar-refractivity contribution >= 4 is 52.5 Å². The number of piperidine rings is 4. The first-order valence-electron chi connectivity index (χ1n) is 20.6. The Hall–Kier alpha value is -5.57. The van der Waals surface area contributed by atoms with Gasteiger partial charge in [-0.3, -0.25) is 29.3 Å². The van der Waals surface area contributed by atoms with Gasteiger partial charge >= 0.3 is 0 Å². The summed E-state index contributed by atoms with van der Waals surface area (Å²) in [5.41, 5.74) is 11.8. The fourth-order valence-corrected chi connectivity index (χ4v) is 9.74. The minimum absolute atomic E-state index is 0.0415. The van der Waals surface area contributed by atoms with Gasteiger partial charge < -0.3 is 35.6 Å². The van der Waals surface area contributed by atoms with Gasteiger partial charge in [-0.1, -0.05) is 6.07 Å². The van der Waals surface area contributed by atoms with Crippen molar-refractivity contribution in [2.75, 3.05) is 66.7 Å². The smallest absolute Gasteiger partial charge is 0.274 e. The molecule has 7 heterocycles. The van der Waals surface area contributed by atoms with Crippen molar-refractivity contribution in [2.24, 2.45) is 5.92 Å². The molecule has 3 aromatic rings. The summed E-state index contributed by atoms with van der Waals surface area (Å²) >= 11 is 0. The van der Waals surface area contributed by atoms with E-state index < -0.39 is 6.04 Å². The molecule has 5 amide bonds. The van der Waals surface area contributed by atoms with Crippen molar-refractivity contribution < 1.29 is 24.0 Å². The van der Waals surface area contributed by atoms with E-state index in [1.165, 1.54) is 12.6 Å². The molecule has 9 rings (SSSR count). The molecule has 1 atom stereocenters. The van der Waals surface area contributed by atoms with E-state index in [2.05, 4.69) is 41.4 Å². The van der Waals surface area contributed by atoms with Crippen LogP contribution in [0, 0.1) is 5.92 Å². The number of rotatable bonds is 8. The van der Waals surface area contributed by atoms with Crippen molar-refractivity contribution in [1.29, 1.82) is 0 Å². The molecule has 1 unspecified atom stereocenters. The number of hydrogen-bond donors (Lipinski definition) is 3. The molecular weight excluding hydrogens is 725 g/mol. The molecule has 0 radical (unpaired) electrons. The highest BCUT2D eigenvalue weighted by atomic mass is 16.2. The number of imide groups is 1. The van der Waals surface area contributed by atoms with Gasteiger partial charge in [0.05, 0.1) is 11.4 Å². The molecule has 4 saturated heterocycles. The second kappa shape index (κ2) is 15.4. The number of benzene rings is 2. The zero-order valence-corrected chi connectivity index (χ0v) is 32.3. The zero-order chi connectivity index (χ0) is 39.2. The van der Waals surface area contributed by atoms with Crippen LogP contribution in [-0.4, -0.2) is 112 Å². The lowest BCUT2D eigenvalue weighted by Gasteiger charge is -2.40. The fourth-order valence-electron chi connectivity index (χ4n) is 9.74. The van der Waals surface area contributed by atoms with E-state index in [1.54, 1.807) is 11.0 Å². The average Bonchev–Trinajstić information content (AvgIpc) is 3.73. The van der Waals surface area contributed by atoms with Gasteiger partial charge in [-0.2, -0.15) is 0 Å². The van der Waals surface area contributed by atoms with Gasteiger partial charge in [0.15, 0.2) is 0 Å². The normalized spacial score (nSPS) is 22.2. The molecule has 57 heavy (non-hydrogen) atoms. The van der Waals surface area contributed by atoms with E-state index >= 15 is 0 Å². The third-order valence-corrected chi connectivity index (χ3v) is 12.9. The molecule has 15 heteroatoms. The summed E-state index contributed by atoms with van der Waals surface area (Å²) in [6.07, 6.45) is 9.36. The highest BCUT2D eigenvalue weighted by Gasteiger charge is 2.40. The molecule has 1 aromatic heterocycles. The summed E-state index contributed by atoms with van der Waals surface area (Å²) in [6, 6.07) is 11.2. The van der Waals surface area contributed by atoms with Crippen LogP contribution >= 0.6 is 0 Å². The lowest BCUT2D eigenvalue weighted by atomic mass is 9.94. The summed E-state index contributed by atoms with van der Waals surface area (Å²) in [6.45, 7) is 7.44. The van der Waals surface area contributed by atoms with E-state index in [0.717, 1.165) is 112 Å². The van der Waals surface area contributed by atoms with Crippen LogP contribution in [0.2, 0.25) is 0 Å². The highest BCUT2D eigenvalue weighted by Crippen LogP contribution is 2.38. The predicted molar refractivity (Wildman–Crippen MR) is 214 cm³/mol. The molecule has 4 fully saturated rings. The highest BCUT2D eigenvalue weighted by molar-refractivity contribution is 6.07. The maximum atomic E-state index is 14.0. The number of amides is 5. The topological polar surface area (TPSA) is 177 Å². The number of hydrogen-bond acceptors (Lipinski definition) is 11. The Balaban J connectivity index is 0.785. The van der Waals surface area contributed by atoms with Gasteiger partial charge in [-0.25, -0.2) is 9.97 Å². The van der Waals surface area contributed by atoms with Gasteiger partial charge in [0.1, 0.15) is 11.7 Å². The van der Waals surface area contributed by atoms with E-state index in [0.29, 0.717) is 36.7 Å².